The molecule has 0 saturated heterocycles. The number of ketones is 1. The molecule has 21 heavy (non-hydrogen) atoms. The molecular formula is C17H17FO3. The molecule has 3 nitrogen and oxygen atoms in total. The Kier molecular flexibility index (Phi) is 4.26. The molecule has 0 aromatic heterocycles. The molecule has 0 fully saturated rings. The summed E-state index contributed by atoms with van der Waals surface area (Å²) in [4.78, 5) is 12.6. The van der Waals surface area contributed by atoms with Gasteiger partial charge in [0, 0.05) is 11.1 Å². The molecule has 2 aromatic rings. The first-order valence-corrected chi connectivity index (χ1v) is 6.50. The summed E-state index contributed by atoms with van der Waals surface area (Å²) in [5, 5.41) is 0. The van der Waals surface area contributed by atoms with Gasteiger partial charge in [0.05, 0.1) is 14.2 Å². The van der Waals surface area contributed by atoms with Crippen LogP contribution in [0.25, 0.3) is 0 Å². The van der Waals surface area contributed by atoms with Gasteiger partial charge in [-0.3, -0.25) is 4.79 Å². The van der Waals surface area contributed by atoms with E-state index in [2.05, 4.69) is 0 Å². The van der Waals surface area contributed by atoms with Crippen LogP contribution in [0.5, 0.6) is 11.5 Å². The van der Waals surface area contributed by atoms with Crippen LogP contribution in [0.15, 0.2) is 30.3 Å². The minimum absolute atomic E-state index is 0.240. The van der Waals surface area contributed by atoms with Crippen molar-refractivity contribution in [3.05, 3.63) is 58.4 Å². The van der Waals surface area contributed by atoms with E-state index in [0.717, 1.165) is 5.56 Å². The maximum absolute atomic E-state index is 13.5. The van der Waals surface area contributed by atoms with Crippen molar-refractivity contribution in [3.63, 3.8) is 0 Å². The number of carbonyl (C=O) groups is 1. The Morgan fingerprint density at radius 1 is 0.952 bits per heavy atom. The van der Waals surface area contributed by atoms with E-state index in [-0.39, 0.29) is 5.78 Å². The van der Waals surface area contributed by atoms with Crippen molar-refractivity contribution in [1.29, 1.82) is 0 Å². The summed E-state index contributed by atoms with van der Waals surface area (Å²) in [5.74, 6) is 0.370. The molecule has 0 unspecified atom stereocenters. The van der Waals surface area contributed by atoms with E-state index in [1.54, 1.807) is 32.0 Å². The smallest absolute Gasteiger partial charge is 0.193 e. The van der Waals surface area contributed by atoms with Crippen molar-refractivity contribution in [2.45, 2.75) is 13.8 Å². The molecule has 0 heterocycles. The average Bonchev–Trinajstić information content (AvgIpc) is 2.45. The molecule has 2 rings (SSSR count). The zero-order chi connectivity index (χ0) is 15.6. The third-order valence-electron chi connectivity index (χ3n) is 3.28. The summed E-state index contributed by atoms with van der Waals surface area (Å²) in [6, 6.07) is 7.65. The lowest BCUT2D eigenvalue weighted by molar-refractivity contribution is 0.103. The summed E-state index contributed by atoms with van der Waals surface area (Å²) in [7, 11) is 3.04. The second-order valence-electron chi connectivity index (χ2n) is 4.87. The van der Waals surface area contributed by atoms with E-state index in [1.165, 1.54) is 26.4 Å². The molecular weight excluding hydrogens is 271 g/mol. The highest BCUT2D eigenvalue weighted by molar-refractivity contribution is 6.10. The first kappa shape index (κ1) is 15.0. The van der Waals surface area contributed by atoms with E-state index < -0.39 is 5.82 Å². The van der Waals surface area contributed by atoms with Crippen molar-refractivity contribution in [3.8, 4) is 11.5 Å². The fourth-order valence-electron chi connectivity index (χ4n) is 2.25. The molecule has 0 saturated carbocycles. The number of halogens is 1. The average molecular weight is 288 g/mol. The summed E-state index contributed by atoms with van der Waals surface area (Å²) >= 11 is 0. The summed E-state index contributed by atoms with van der Waals surface area (Å²) < 4.78 is 23.9. The standard InChI is InChI=1S/C17H17FO3/c1-10-5-12(8-13(18)6-10)17(19)14-9-16(21-4)15(20-3)7-11(14)2/h5-9H,1-4H3. The topological polar surface area (TPSA) is 35.5 Å². The molecule has 110 valence electrons. The molecule has 0 atom stereocenters. The monoisotopic (exact) mass is 288 g/mol. The molecule has 0 aliphatic heterocycles. The van der Waals surface area contributed by atoms with Crippen molar-refractivity contribution in [2.24, 2.45) is 0 Å². The number of rotatable bonds is 4. The number of benzene rings is 2. The Balaban J connectivity index is 2.52. The quantitative estimate of drug-likeness (QED) is 0.805. The molecule has 0 N–H and O–H groups in total. The Hall–Kier alpha value is -2.36. The zero-order valence-corrected chi connectivity index (χ0v) is 12.5. The van der Waals surface area contributed by atoms with Crippen LogP contribution in [0, 0.1) is 19.7 Å². The largest absolute Gasteiger partial charge is 0.493 e. The molecule has 4 heteroatoms. The molecule has 0 spiro atoms. The number of hydrogen-bond donors (Lipinski definition) is 0. The minimum Gasteiger partial charge on any atom is -0.493 e. The first-order chi connectivity index (χ1) is 9.96. The van der Waals surface area contributed by atoms with Crippen LogP contribution in [-0.4, -0.2) is 20.0 Å². The van der Waals surface area contributed by atoms with E-state index in [0.29, 0.717) is 28.2 Å². The zero-order valence-electron chi connectivity index (χ0n) is 12.5. The van der Waals surface area contributed by atoms with Crippen LogP contribution in [0.3, 0.4) is 0 Å². The van der Waals surface area contributed by atoms with Gasteiger partial charge in [0.2, 0.25) is 0 Å². The Bertz CT molecular complexity index is 672. The highest BCUT2D eigenvalue weighted by Gasteiger charge is 2.17. The van der Waals surface area contributed by atoms with Gasteiger partial charge in [-0.05, 0) is 55.3 Å². The van der Waals surface area contributed by atoms with Crippen LogP contribution in [0.1, 0.15) is 27.0 Å². The van der Waals surface area contributed by atoms with Crippen molar-refractivity contribution in [2.75, 3.05) is 14.2 Å². The number of methoxy groups -OCH3 is 2. The maximum Gasteiger partial charge on any atom is 0.193 e. The number of carbonyl (C=O) groups excluding carboxylic acids is 1. The number of ether oxygens (including phenoxy) is 2. The van der Waals surface area contributed by atoms with Gasteiger partial charge >= 0.3 is 0 Å². The molecule has 0 aliphatic rings. The second kappa shape index (κ2) is 5.95. The number of hydrogen-bond acceptors (Lipinski definition) is 3. The van der Waals surface area contributed by atoms with Crippen molar-refractivity contribution >= 4 is 5.78 Å². The Labute approximate surface area is 123 Å². The Morgan fingerprint density at radius 2 is 1.57 bits per heavy atom. The molecule has 0 amide bonds. The summed E-state index contributed by atoms with van der Waals surface area (Å²) in [6.07, 6.45) is 0. The van der Waals surface area contributed by atoms with Gasteiger partial charge in [-0.1, -0.05) is 0 Å². The summed E-state index contributed by atoms with van der Waals surface area (Å²) in [6.45, 7) is 3.56. The van der Waals surface area contributed by atoms with Crippen LogP contribution >= 0.6 is 0 Å². The highest BCUT2D eigenvalue weighted by atomic mass is 19.1. The molecule has 0 bridgehead atoms. The van der Waals surface area contributed by atoms with E-state index >= 15 is 0 Å². The number of aryl methyl sites for hydroxylation is 2. The van der Waals surface area contributed by atoms with Crippen LogP contribution in [-0.2, 0) is 0 Å². The van der Waals surface area contributed by atoms with Gasteiger partial charge in [-0.25, -0.2) is 4.39 Å². The predicted molar refractivity (Wildman–Crippen MR) is 78.9 cm³/mol. The summed E-state index contributed by atoms with van der Waals surface area (Å²) in [5.41, 5.74) is 2.25. The predicted octanol–water partition coefficient (Wildman–Crippen LogP) is 3.69. The lowest BCUT2D eigenvalue weighted by Crippen LogP contribution is -2.06. The van der Waals surface area contributed by atoms with Gasteiger partial charge in [0.1, 0.15) is 5.82 Å². The van der Waals surface area contributed by atoms with Gasteiger partial charge < -0.3 is 9.47 Å². The van der Waals surface area contributed by atoms with Crippen LogP contribution < -0.4 is 9.47 Å². The van der Waals surface area contributed by atoms with Crippen LogP contribution in [0.2, 0.25) is 0 Å². The fraction of sp³-hybridized carbons (Fsp3) is 0.235. The van der Waals surface area contributed by atoms with E-state index in [4.69, 9.17) is 9.47 Å². The third-order valence-corrected chi connectivity index (χ3v) is 3.28. The first-order valence-electron chi connectivity index (χ1n) is 6.50. The normalized spacial score (nSPS) is 10.3. The van der Waals surface area contributed by atoms with Gasteiger partial charge in [0.25, 0.3) is 0 Å². The Morgan fingerprint density at radius 3 is 2.14 bits per heavy atom. The van der Waals surface area contributed by atoms with Gasteiger partial charge in [-0.2, -0.15) is 0 Å². The van der Waals surface area contributed by atoms with Gasteiger partial charge in [0.15, 0.2) is 17.3 Å². The SMILES string of the molecule is COc1cc(C)c(C(=O)c2cc(C)cc(F)c2)cc1OC. The molecule has 0 radical (unpaired) electrons. The van der Waals surface area contributed by atoms with Crippen LogP contribution in [0.4, 0.5) is 4.39 Å². The second-order valence-corrected chi connectivity index (χ2v) is 4.87. The molecule has 0 aliphatic carbocycles. The van der Waals surface area contributed by atoms with E-state index in [1.807, 2.05) is 0 Å². The molecule has 2 aromatic carbocycles. The highest BCUT2D eigenvalue weighted by Crippen LogP contribution is 2.31. The third kappa shape index (κ3) is 3.05. The lowest BCUT2D eigenvalue weighted by atomic mass is 9.97. The minimum atomic E-state index is -0.420. The van der Waals surface area contributed by atoms with Gasteiger partial charge in [-0.15, -0.1) is 0 Å². The lowest BCUT2D eigenvalue weighted by Gasteiger charge is -2.12. The maximum atomic E-state index is 13.5. The van der Waals surface area contributed by atoms with Crippen molar-refractivity contribution < 1.29 is 18.7 Å². The fourth-order valence-corrected chi connectivity index (χ4v) is 2.25. The van der Waals surface area contributed by atoms with Crippen molar-refractivity contribution in [1.82, 2.24) is 0 Å². The van der Waals surface area contributed by atoms with E-state index in [9.17, 15) is 9.18 Å².